The van der Waals surface area contributed by atoms with Crippen molar-refractivity contribution < 1.29 is 18.7 Å². The average Bonchev–Trinajstić information content (AvgIpc) is 3.14. The molecule has 0 aromatic carbocycles. The second-order valence-corrected chi connectivity index (χ2v) is 4.95. The van der Waals surface area contributed by atoms with Gasteiger partial charge in [0.1, 0.15) is 12.3 Å². The highest BCUT2D eigenvalue weighted by Crippen LogP contribution is 2.27. The third-order valence-corrected chi connectivity index (χ3v) is 3.26. The highest BCUT2D eigenvalue weighted by molar-refractivity contribution is 5.76. The van der Waals surface area contributed by atoms with Gasteiger partial charge in [0, 0.05) is 17.8 Å². The van der Waals surface area contributed by atoms with Crippen LogP contribution in [0.3, 0.4) is 0 Å². The summed E-state index contributed by atoms with van der Waals surface area (Å²) in [5.41, 5.74) is -0.111. The van der Waals surface area contributed by atoms with Crippen LogP contribution in [0.2, 0.25) is 0 Å². The number of rotatable bonds is 5. The fourth-order valence-corrected chi connectivity index (χ4v) is 2.13. The van der Waals surface area contributed by atoms with Crippen molar-refractivity contribution in [3.8, 4) is 5.75 Å². The lowest BCUT2D eigenvalue weighted by Gasteiger charge is -2.23. The van der Waals surface area contributed by atoms with E-state index in [9.17, 15) is 23.5 Å². The number of aromatic nitrogens is 1. The van der Waals surface area contributed by atoms with Crippen LogP contribution in [-0.2, 0) is 11.3 Å². The first-order valence-corrected chi connectivity index (χ1v) is 6.36. The highest BCUT2D eigenvalue weighted by Gasteiger charge is 2.34. The van der Waals surface area contributed by atoms with Crippen molar-refractivity contribution >= 4 is 5.91 Å². The van der Waals surface area contributed by atoms with Gasteiger partial charge in [-0.3, -0.25) is 9.59 Å². The van der Waals surface area contributed by atoms with Crippen molar-refractivity contribution in [3.63, 3.8) is 0 Å². The SMILES string of the molecule is Cc1cc(O)cc(=O)n1CC(=O)N(CC(F)F)C1CC1. The lowest BCUT2D eigenvalue weighted by molar-refractivity contribution is -0.134. The minimum Gasteiger partial charge on any atom is -0.508 e. The van der Waals surface area contributed by atoms with Crippen LogP contribution in [0, 0.1) is 6.92 Å². The van der Waals surface area contributed by atoms with E-state index < -0.39 is 24.4 Å². The second-order valence-electron chi connectivity index (χ2n) is 4.95. The number of alkyl halides is 2. The lowest BCUT2D eigenvalue weighted by Crippen LogP contribution is -2.41. The Morgan fingerprint density at radius 3 is 2.65 bits per heavy atom. The van der Waals surface area contributed by atoms with Gasteiger partial charge in [0.2, 0.25) is 5.91 Å². The smallest absolute Gasteiger partial charge is 0.255 e. The Morgan fingerprint density at radius 2 is 2.15 bits per heavy atom. The van der Waals surface area contributed by atoms with Gasteiger partial charge in [-0.25, -0.2) is 8.78 Å². The molecule has 2 rings (SSSR count). The Labute approximate surface area is 114 Å². The molecule has 0 spiro atoms. The second kappa shape index (κ2) is 5.60. The van der Waals surface area contributed by atoms with Crippen molar-refractivity contribution in [3.05, 3.63) is 28.2 Å². The van der Waals surface area contributed by atoms with Gasteiger partial charge in [-0.2, -0.15) is 0 Å². The van der Waals surface area contributed by atoms with E-state index in [0.717, 1.165) is 23.8 Å². The maximum absolute atomic E-state index is 12.5. The number of amides is 1. The molecule has 1 aromatic rings. The zero-order valence-electron chi connectivity index (χ0n) is 11.1. The molecular weight excluding hydrogens is 270 g/mol. The fraction of sp³-hybridized carbons (Fsp3) is 0.538. The minimum absolute atomic E-state index is 0.135. The maximum atomic E-state index is 12.5. The molecule has 0 aliphatic heterocycles. The zero-order chi connectivity index (χ0) is 14.9. The van der Waals surface area contributed by atoms with Crippen molar-refractivity contribution in [1.29, 1.82) is 0 Å². The van der Waals surface area contributed by atoms with Gasteiger partial charge in [0.15, 0.2) is 0 Å². The van der Waals surface area contributed by atoms with E-state index in [4.69, 9.17) is 0 Å². The summed E-state index contributed by atoms with van der Waals surface area (Å²) >= 11 is 0. The Hall–Kier alpha value is -1.92. The van der Waals surface area contributed by atoms with E-state index >= 15 is 0 Å². The number of pyridine rings is 1. The Kier molecular flexibility index (Phi) is 4.06. The number of nitrogens with zero attached hydrogens (tertiary/aromatic N) is 2. The summed E-state index contributed by atoms with van der Waals surface area (Å²) in [6.45, 7) is 0.687. The number of hydrogen-bond acceptors (Lipinski definition) is 3. The molecule has 20 heavy (non-hydrogen) atoms. The minimum atomic E-state index is -2.59. The van der Waals surface area contributed by atoms with E-state index in [1.807, 2.05) is 0 Å². The van der Waals surface area contributed by atoms with Crippen LogP contribution in [-0.4, -0.2) is 39.5 Å². The van der Waals surface area contributed by atoms with E-state index in [-0.39, 0.29) is 18.3 Å². The Balaban J connectivity index is 2.16. The topological polar surface area (TPSA) is 62.5 Å². The Morgan fingerprint density at radius 1 is 1.50 bits per heavy atom. The molecule has 0 saturated heterocycles. The summed E-state index contributed by atoms with van der Waals surface area (Å²) in [4.78, 5) is 24.9. The molecule has 1 amide bonds. The molecule has 0 radical (unpaired) electrons. The summed E-state index contributed by atoms with van der Waals surface area (Å²) in [6.07, 6.45) is -1.14. The summed E-state index contributed by atoms with van der Waals surface area (Å²) < 4.78 is 26.1. The standard InChI is InChI=1S/C13H16F2N2O3/c1-8-4-10(18)5-12(19)16(8)7-13(20)17(6-11(14)15)9-2-3-9/h4-5,9,11,18H,2-3,6-7H2,1H3. The average molecular weight is 286 g/mol. The molecule has 1 aliphatic carbocycles. The van der Waals surface area contributed by atoms with Gasteiger partial charge in [-0.15, -0.1) is 0 Å². The zero-order valence-corrected chi connectivity index (χ0v) is 11.1. The number of aromatic hydroxyl groups is 1. The highest BCUT2D eigenvalue weighted by atomic mass is 19.3. The van der Waals surface area contributed by atoms with Crippen molar-refractivity contribution in [2.45, 2.75) is 38.8 Å². The van der Waals surface area contributed by atoms with Crippen LogP contribution in [0.1, 0.15) is 18.5 Å². The fourth-order valence-electron chi connectivity index (χ4n) is 2.13. The molecule has 1 aliphatic rings. The van der Waals surface area contributed by atoms with Crippen molar-refractivity contribution in [2.75, 3.05) is 6.54 Å². The molecule has 1 aromatic heterocycles. The molecule has 7 heteroatoms. The number of aryl methyl sites for hydroxylation is 1. The van der Waals surface area contributed by atoms with Crippen molar-refractivity contribution in [2.24, 2.45) is 0 Å². The molecule has 5 nitrogen and oxygen atoms in total. The van der Waals surface area contributed by atoms with Gasteiger partial charge in [-0.1, -0.05) is 0 Å². The molecule has 0 atom stereocenters. The van der Waals surface area contributed by atoms with E-state index in [2.05, 4.69) is 0 Å². The lowest BCUT2D eigenvalue weighted by atomic mass is 10.3. The van der Waals surface area contributed by atoms with Crippen LogP contribution in [0.5, 0.6) is 5.75 Å². The summed E-state index contributed by atoms with van der Waals surface area (Å²) in [5.74, 6) is -0.675. The summed E-state index contributed by atoms with van der Waals surface area (Å²) in [7, 11) is 0. The Bertz CT molecular complexity index is 567. The predicted octanol–water partition coefficient (Wildman–Crippen LogP) is 1.12. The first-order chi connectivity index (χ1) is 9.38. The van der Waals surface area contributed by atoms with Crippen LogP contribution in [0.15, 0.2) is 16.9 Å². The summed E-state index contributed by atoms with van der Waals surface area (Å²) in [6, 6.07) is 2.21. The van der Waals surface area contributed by atoms with Crippen LogP contribution >= 0.6 is 0 Å². The van der Waals surface area contributed by atoms with Crippen LogP contribution in [0.25, 0.3) is 0 Å². The van der Waals surface area contributed by atoms with Crippen LogP contribution in [0.4, 0.5) is 8.78 Å². The molecule has 1 saturated carbocycles. The first-order valence-electron chi connectivity index (χ1n) is 6.36. The van der Waals surface area contributed by atoms with Gasteiger partial charge in [0.05, 0.1) is 6.54 Å². The van der Waals surface area contributed by atoms with E-state index in [0.29, 0.717) is 5.69 Å². The largest absolute Gasteiger partial charge is 0.508 e. The number of carbonyl (C=O) groups is 1. The molecular formula is C13H16F2N2O3. The third kappa shape index (κ3) is 3.34. The van der Waals surface area contributed by atoms with Gasteiger partial charge in [-0.05, 0) is 25.8 Å². The van der Waals surface area contributed by atoms with Gasteiger partial charge >= 0.3 is 0 Å². The maximum Gasteiger partial charge on any atom is 0.255 e. The first kappa shape index (κ1) is 14.5. The van der Waals surface area contributed by atoms with Crippen molar-refractivity contribution in [1.82, 2.24) is 9.47 Å². The molecule has 1 N–H and O–H groups in total. The van der Waals surface area contributed by atoms with E-state index in [1.165, 1.54) is 10.6 Å². The van der Waals surface area contributed by atoms with Crippen LogP contribution < -0.4 is 5.56 Å². The monoisotopic (exact) mass is 286 g/mol. The molecule has 1 heterocycles. The van der Waals surface area contributed by atoms with Gasteiger partial charge in [0.25, 0.3) is 12.0 Å². The predicted molar refractivity (Wildman–Crippen MR) is 67.8 cm³/mol. The van der Waals surface area contributed by atoms with Gasteiger partial charge < -0.3 is 14.6 Å². The number of hydrogen-bond donors (Lipinski definition) is 1. The molecule has 1 fully saturated rings. The third-order valence-electron chi connectivity index (χ3n) is 3.26. The normalized spacial score (nSPS) is 14.6. The molecule has 0 bridgehead atoms. The number of carbonyl (C=O) groups excluding carboxylic acids is 1. The molecule has 110 valence electrons. The number of halogens is 2. The quantitative estimate of drug-likeness (QED) is 0.882. The summed E-state index contributed by atoms with van der Waals surface area (Å²) in [5, 5.41) is 9.27. The van der Waals surface area contributed by atoms with E-state index in [1.54, 1.807) is 6.92 Å². The molecule has 0 unspecified atom stereocenters.